The van der Waals surface area contributed by atoms with Crippen molar-refractivity contribution in [3.05, 3.63) is 0 Å². The molecule has 1 saturated heterocycles. The Kier molecular flexibility index (Phi) is 4.88. The van der Waals surface area contributed by atoms with Gasteiger partial charge in [-0.3, -0.25) is 0 Å². The molecule has 0 aromatic rings. The van der Waals surface area contributed by atoms with Crippen LogP contribution in [0.5, 0.6) is 0 Å². The maximum atomic E-state index is 9.49. The Labute approximate surface area is 117 Å². The van der Waals surface area contributed by atoms with Crippen LogP contribution in [0.15, 0.2) is 0 Å². The average Bonchev–Trinajstić information content (AvgIpc) is 2.37. The number of likely N-dealkylation sites (tertiary alicyclic amines) is 1. The lowest BCUT2D eigenvalue weighted by Crippen LogP contribution is -2.64. The number of hydrogen-bond acceptors (Lipinski definition) is 4. The molecule has 1 aliphatic heterocycles. The molecule has 2 aliphatic rings. The molecule has 4 nitrogen and oxygen atoms in total. The standard InChI is InChI=1S/C15H30N2O2/c1-11(2)17-7-12-5-4-6-13(8-17)14(12)16-15(3,9-18)10-19/h11-14,16,18-19H,4-10H2,1-3H3. The van der Waals surface area contributed by atoms with Crippen molar-refractivity contribution < 1.29 is 10.2 Å². The van der Waals surface area contributed by atoms with Gasteiger partial charge < -0.3 is 20.4 Å². The van der Waals surface area contributed by atoms with Crippen molar-refractivity contribution in [2.45, 2.75) is 57.7 Å². The van der Waals surface area contributed by atoms with E-state index in [2.05, 4.69) is 24.1 Å². The SMILES string of the molecule is CC(C)N1CC2CCCC(C1)C2NC(C)(CO)CO. The Morgan fingerprint density at radius 2 is 1.68 bits per heavy atom. The highest BCUT2D eigenvalue weighted by molar-refractivity contribution is 4.99. The molecule has 4 heteroatoms. The minimum atomic E-state index is -0.543. The van der Waals surface area contributed by atoms with Gasteiger partial charge in [0.2, 0.25) is 0 Å². The van der Waals surface area contributed by atoms with Gasteiger partial charge in [-0.1, -0.05) is 6.42 Å². The molecule has 112 valence electrons. The molecule has 0 spiro atoms. The molecule has 0 radical (unpaired) electrons. The van der Waals surface area contributed by atoms with Gasteiger partial charge in [0.25, 0.3) is 0 Å². The lowest BCUT2D eigenvalue weighted by molar-refractivity contribution is -0.00120. The van der Waals surface area contributed by atoms with E-state index in [1.165, 1.54) is 19.3 Å². The second-order valence-electron chi connectivity index (χ2n) is 7.05. The highest BCUT2D eigenvalue weighted by Gasteiger charge is 2.42. The molecular formula is C15H30N2O2. The van der Waals surface area contributed by atoms with Crippen molar-refractivity contribution >= 4 is 0 Å². The largest absolute Gasteiger partial charge is 0.394 e. The van der Waals surface area contributed by atoms with E-state index in [0.29, 0.717) is 23.9 Å². The molecule has 0 amide bonds. The first kappa shape index (κ1) is 15.2. The van der Waals surface area contributed by atoms with Crippen LogP contribution >= 0.6 is 0 Å². The van der Waals surface area contributed by atoms with Crippen molar-refractivity contribution in [3.8, 4) is 0 Å². The number of fused-ring (bicyclic) bond motifs is 2. The summed E-state index contributed by atoms with van der Waals surface area (Å²) < 4.78 is 0. The van der Waals surface area contributed by atoms with Gasteiger partial charge in [-0.2, -0.15) is 0 Å². The minimum absolute atomic E-state index is 0.00661. The summed E-state index contributed by atoms with van der Waals surface area (Å²) >= 11 is 0. The van der Waals surface area contributed by atoms with Crippen molar-refractivity contribution in [1.82, 2.24) is 10.2 Å². The third kappa shape index (κ3) is 3.30. The predicted molar refractivity (Wildman–Crippen MR) is 77.0 cm³/mol. The summed E-state index contributed by atoms with van der Waals surface area (Å²) in [6.45, 7) is 8.75. The second-order valence-corrected chi connectivity index (χ2v) is 7.05. The van der Waals surface area contributed by atoms with E-state index in [0.717, 1.165) is 13.1 Å². The van der Waals surface area contributed by atoms with Gasteiger partial charge in [-0.05, 0) is 45.4 Å². The van der Waals surface area contributed by atoms with Crippen LogP contribution in [0.3, 0.4) is 0 Å². The summed E-state index contributed by atoms with van der Waals surface area (Å²) in [6, 6.07) is 1.07. The number of rotatable bonds is 5. The van der Waals surface area contributed by atoms with Gasteiger partial charge >= 0.3 is 0 Å². The highest BCUT2D eigenvalue weighted by atomic mass is 16.3. The van der Waals surface area contributed by atoms with Crippen molar-refractivity contribution in [2.75, 3.05) is 26.3 Å². The van der Waals surface area contributed by atoms with Crippen LogP contribution in [0.4, 0.5) is 0 Å². The first-order chi connectivity index (χ1) is 8.99. The topological polar surface area (TPSA) is 55.7 Å². The van der Waals surface area contributed by atoms with Crippen LogP contribution in [0.2, 0.25) is 0 Å². The monoisotopic (exact) mass is 270 g/mol. The molecule has 2 unspecified atom stereocenters. The molecule has 2 atom stereocenters. The fraction of sp³-hybridized carbons (Fsp3) is 1.00. The number of nitrogens with zero attached hydrogens (tertiary/aromatic N) is 1. The Balaban J connectivity index is 2.06. The fourth-order valence-corrected chi connectivity index (χ4v) is 3.67. The summed E-state index contributed by atoms with van der Waals surface area (Å²) in [5.41, 5.74) is -0.543. The maximum absolute atomic E-state index is 9.49. The third-order valence-corrected chi connectivity index (χ3v) is 5.05. The van der Waals surface area contributed by atoms with Gasteiger partial charge in [0.1, 0.15) is 0 Å². The molecule has 1 aliphatic carbocycles. The molecule has 3 N–H and O–H groups in total. The summed E-state index contributed by atoms with van der Waals surface area (Å²) in [4.78, 5) is 2.59. The number of nitrogens with one attached hydrogen (secondary N) is 1. The first-order valence-electron chi connectivity index (χ1n) is 7.72. The van der Waals surface area contributed by atoms with Gasteiger partial charge in [-0.25, -0.2) is 0 Å². The predicted octanol–water partition coefficient (Wildman–Crippen LogP) is 0.828. The van der Waals surface area contributed by atoms with Crippen molar-refractivity contribution in [3.63, 3.8) is 0 Å². The molecule has 2 bridgehead atoms. The molecule has 1 heterocycles. The van der Waals surface area contributed by atoms with E-state index in [-0.39, 0.29) is 13.2 Å². The Morgan fingerprint density at radius 1 is 1.16 bits per heavy atom. The van der Waals surface area contributed by atoms with Crippen molar-refractivity contribution in [2.24, 2.45) is 11.8 Å². The maximum Gasteiger partial charge on any atom is 0.0633 e. The quantitative estimate of drug-likeness (QED) is 0.692. The van der Waals surface area contributed by atoms with Gasteiger partial charge in [-0.15, -0.1) is 0 Å². The van der Waals surface area contributed by atoms with Crippen LogP contribution in [-0.2, 0) is 0 Å². The van der Waals surface area contributed by atoms with E-state index < -0.39 is 5.54 Å². The average molecular weight is 270 g/mol. The molecule has 0 aromatic carbocycles. The van der Waals surface area contributed by atoms with Gasteiger partial charge in [0.05, 0.1) is 18.8 Å². The Morgan fingerprint density at radius 3 is 2.11 bits per heavy atom. The van der Waals surface area contributed by atoms with Crippen LogP contribution in [0, 0.1) is 11.8 Å². The van der Waals surface area contributed by atoms with Crippen LogP contribution in [-0.4, -0.2) is 59.0 Å². The Bertz CT molecular complexity index is 278. The van der Waals surface area contributed by atoms with E-state index in [1.807, 2.05) is 6.92 Å². The molecule has 1 saturated carbocycles. The second kappa shape index (κ2) is 6.08. The zero-order valence-electron chi connectivity index (χ0n) is 12.6. The lowest BCUT2D eigenvalue weighted by Gasteiger charge is -2.51. The zero-order valence-corrected chi connectivity index (χ0v) is 12.6. The van der Waals surface area contributed by atoms with Crippen LogP contribution in [0.25, 0.3) is 0 Å². The number of piperidine rings is 1. The minimum Gasteiger partial charge on any atom is -0.394 e. The zero-order chi connectivity index (χ0) is 14.0. The molecule has 19 heavy (non-hydrogen) atoms. The van der Waals surface area contributed by atoms with Crippen LogP contribution < -0.4 is 5.32 Å². The van der Waals surface area contributed by atoms with E-state index in [9.17, 15) is 10.2 Å². The summed E-state index contributed by atoms with van der Waals surface area (Å²) in [6.07, 6.45) is 3.86. The fourth-order valence-electron chi connectivity index (χ4n) is 3.67. The van der Waals surface area contributed by atoms with Gasteiger partial charge in [0, 0.05) is 25.2 Å². The van der Waals surface area contributed by atoms with E-state index in [4.69, 9.17) is 0 Å². The third-order valence-electron chi connectivity index (χ3n) is 5.05. The molecular weight excluding hydrogens is 240 g/mol. The highest BCUT2D eigenvalue weighted by Crippen LogP contribution is 2.36. The first-order valence-corrected chi connectivity index (χ1v) is 7.72. The van der Waals surface area contributed by atoms with E-state index in [1.54, 1.807) is 0 Å². The number of aliphatic hydroxyl groups is 2. The molecule has 0 aromatic heterocycles. The number of aliphatic hydroxyl groups excluding tert-OH is 2. The Hall–Kier alpha value is -0.160. The lowest BCUT2D eigenvalue weighted by atomic mass is 9.72. The van der Waals surface area contributed by atoms with Crippen molar-refractivity contribution in [1.29, 1.82) is 0 Å². The number of hydrogen-bond donors (Lipinski definition) is 3. The smallest absolute Gasteiger partial charge is 0.0633 e. The van der Waals surface area contributed by atoms with Crippen LogP contribution in [0.1, 0.15) is 40.0 Å². The van der Waals surface area contributed by atoms with Gasteiger partial charge in [0.15, 0.2) is 0 Å². The van der Waals surface area contributed by atoms with E-state index >= 15 is 0 Å². The summed E-state index contributed by atoms with van der Waals surface area (Å²) in [7, 11) is 0. The summed E-state index contributed by atoms with van der Waals surface area (Å²) in [5, 5.41) is 22.5. The molecule has 2 rings (SSSR count). The summed E-state index contributed by atoms with van der Waals surface area (Å²) in [5.74, 6) is 1.32. The normalized spacial score (nSPS) is 32.8. The molecule has 2 fully saturated rings.